The number of amides is 1. The summed E-state index contributed by atoms with van der Waals surface area (Å²) in [4.78, 5) is 12.6. The second-order valence-corrected chi connectivity index (χ2v) is 8.92. The fourth-order valence-corrected chi connectivity index (χ4v) is 3.93. The predicted octanol–water partition coefficient (Wildman–Crippen LogP) is 8.04. The average molecular weight is 520 g/mol. The van der Waals surface area contributed by atoms with Crippen LogP contribution in [-0.2, 0) is 11.4 Å². The van der Waals surface area contributed by atoms with Gasteiger partial charge in [-0.25, -0.2) is 0 Å². The highest BCUT2D eigenvalue weighted by molar-refractivity contribution is 6.42. The van der Waals surface area contributed by atoms with Crippen molar-refractivity contribution in [2.75, 3.05) is 5.32 Å². The van der Waals surface area contributed by atoms with Crippen molar-refractivity contribution in [1.29, 1.82) is 5.26 Å². The van der Waals surface area contributed by atoms with Crippen LogP contribution in [0, 0.1) is 25.2 Å². The Bertz CT molecular complexity index is 1270. The molecule has 3 rings (SSSR count). The van der Waals surface area contributed by atoms with E-state index < -0.39 is 5.91 Å². The number of aryl methyl sites for hydroxylation is 2. The normalized spacial score (nSPS) is 11.1. The Labute approximate surface area is 212 Å². The Kier molecular flexibility index (Phi) is 8.29. The maximum absolute atomic E-state index is 12.6. The number of halogens is 4. The average Bonchev–Trinajstić information content (AvgIpc) is 2.75. The van der Waals surface area contributed by atoms with E-state index in [0.717, 1.165) is 16.7 Å². The molecule has 0 aliphatic rings. The summed E-state index contributed by atoms with van der Waals surface area (Å²) in [6.07, 6.45) is 1.52. The SMILES string of the molecule is Cc1cc(/C=C(\C#N)C(=O)Nc2ccc(Cl)c(Cl)c2)cc(C)c1OCc1ccc(Cl)cc1Cl. The van der Waals surface area contributed by atoms with Crippen molar-refractivity contribution in [2.45, 2.75) is 20.5 Å². The first-order chi connectivity index (χ1) is 15.7. The smallest absolute Gasteiger partial charge is 0.266 e. The van der Waals surface area contributed by atoms with Crippen molar-refractivity contribution in [3.63, 3.8) is 0 Å². The van der Waals surface area contributed by atoms with Gasteiger partial charge in [0.2, 0.25) is 0 Å². The summed E-state index contributed by atoms with van der Waals surface area (Å²) >= 11 is 24.0. The van der Waals surface area contributed by atoms with Crippen LogP contribution in [0.25, 0.3) is 6.08 Å². The van der Waals surface area contributed by atoms with Crippen LogP contribution in [0.4, 0.5) is 5.69 Å². The second kappa shape index (κ2) is 11.0. The predicted molar refractivity (Wildman–Crippen MR) is 135 cm³/mol. The van der Waals surface area contributed by atoms with Crippen molar-refractivity contribution in [2.24, 2.45) is 0 Å². The molecular formula is C25H18Cl4N2O2. The molecule has 0 radical (unpaired) electrons. The molecule has 1 N–H and O–H groups in total. The molecule has 0 fully saturated rings. The molecule has 0 aliphatic heterocycles. The van der Waals surface area contributed by atoms with E-state index in [1.165, 1.54) is 12.1 Å². The largest absolute Gasteiger partial charge is 0.488 e. The first-order valence-corrected chi connectivity index (χ1v) is 11.2. The third-order valence-electron chi connectivity index (χ3n) is 4.72. The van der Waals surface area contributed by atoms with Crippen molar-refractivity contribution in [1.82, 2.24) is 0 Å². The van der Waals surface area contributed by atoms with E-state index in [1.54, 1.807) is 24.3 Å². The van der Waals surface area contributed by atoms with Gasteiger partial charge in [-0.15, -0.1) is 0 Å². The van der Waals surface area contributed by atoms with Gasteiger partial charge in [-0.2, -0.15) is 5.26 Å². The second-order valence-electron chi connectivity index (χ2n) is 7.26. The van der Waals surface area contributed by atoms with Crippen LogP contribution in [-0.4, -0.2) is 5.91 Å². The van der Waals surface area contributed by atoms with Crippen LogP contribution in [0.3, 0.4) is 0 Å². The molecule has 0 saturated carbocycles. The van der Waals surface area contributed by atoms with E-state index in [0.29, 0.717) is 37.1 Å². The van der Waals surface area contributed by atoms with Crippen molar-refractivity contribution >= 4 is 64.1 Å². The lowest BCUT2D eigenvalue weighted by Gasteiger charge is -2.14. The molecule has 168 valence electrons. The topological polar surface area (TPSA) is 62.1 Å². The molecule has 0 atom stereocenters. The summed E-state index contributed by atoms with van der Waals surface area (Å²) in [6.45, 7) is 4.07. The highest BCUT2D eigenvalue weighted by Gasteiger charge is 2.13. The third kappa shape index (κ3) is 6.43. The van der Waals surface area contributed by atoms with Crippen LogP contribution in [0.5, 0.6) is 5.75 Å². The number of benzene rings is 3. The Morgan fingerprint density at radius 2 is 1.67 bits per heavy atom. The number of hydrogen-bond donors (Lipinski definition) is 1. The van der Waals surface area contributed by atoms with Gasteiger partial charge in [0.15, 0.2) is 0 Å². The number of ether oxygens (including phenoxy) is 1. The summed E-state index contributed by atoms with van der Waals surface area (Å²) < 4.78 is 5.99. The monoisotopic (exact) mass is 518 g/mol. The minimum absolute atomic E-state index is 0.0542. The molecule has 0 heterocycles. The molecular weight excluding hydrogens is 502 g/mol. The van der Waals surface area contributed by atoms with Gasteiger partial charge in [0.05, 0.1) is 10.0 Å². The number of nitrogens with one attached hydrogen (secondary N) is 1. The minimum atomic E-state index is -0.552. The van der Waals surface area contributed by atoms with Gasteiger partial charge in [-0.3, -0.25) is 4.79 Å². The van der Waals surface area contributed by atoms with Crippen LogP contribution in [0.15, 0.2) is 54.1 Å². The van der Waals surface area contributed by atoms with Crippen molar-refractivity contribution < 1.29 is 9.53 Å². The fraction of sp³-hybridized carbons (Fsp3) is 0.120. The molecule has 0 bridgehead atoms. The molecule has 0 aliphatic carbocycles. The lowest BCUT2D eigenvalue weighted by atomic mass is 10.0. The zero-order valence-corrected chi connectivity index (χ0v) is 20.7. The molecule has 0 spiro atoms. The number of nitrogens with zero attached hydrogens (tertiary/aromatic N) is 1. The zero-order chi connectivity index (χ0) is 24.1. The molecule has 8 heteroatoms. The fourth-order valence-electron chi connectivity index (χ4n) is 3.17. The lowest BCUT2D eigenvalue weighted by Crippen LogP contribution is -2.13. The highest BCUT2D eigenvalue weighted by atomic mass is 35.5. The molecule has 4 nitrogen and oxygen atoms in total. The van der Waals surface area contributed by atoms with Gasteiger partial charge in [0.1, 0.15) is 24.0 Å². The van der Waals surface area contributed by atoms with E-state index in [4.69, 9.17) is 51.1 Å². The highest BCUT2D eigenvalue weighted by Crippen LogP contribution is 2.29. The van der Waals surface area contributed by atoms with E-state index in [2.05, 4.69) is 5.32 Å². The quantitative estimate of drug-likeness (QED) is 0.264. The number of hydrogen-bond acceptors (Lipinski definition) is 3. The number of nitriles is 1. The third-order valence-corrected chi connectivity index (χ3v) is 6.05. The first kappa shape index (κ1) is 25.0. The van der Waals surface area contributed by atoms with Gasteiger partial charge in [0.25, 0.3) is 5.91 Å². The van der Waals surface area contributed by atoms with Gasteiger partial charge in [-0.1, -0.05) is 52.5 Å². The minimum Gasteiger partial charge on any atom is -0.488 e. The number of anilines is 1. The summed E-state index contributed by atoms with van der Waals surface area (Å²) in [5.74, 6) is 0.154. The number of rotatable bonds is 6. The van der Waals surface area contributed by atoms with E-state index in [9.17, 15) is 10.1 Å². The Hall–Kier alpha value is -2.68. The van der Waals surface area contributed by atoms with E-state index in [1.807, 2.05) is 38.1 Å². The van der Waals surface area contributed by atoms with E-state index in [-0.39, 0.29) is 12.2 Å². The Morgan fingerprint density at radius 3 is 2.27 bits per heavy atom. The summed E-state index contributed by atoms with van der Waals surface area (Å²) in [6, 6.07) is 15.6. The zero-order valence-electron chi connectivity index (χ0n) is 17.7. The van der Waals surface area contributed by atoms with Gasteiger partial charge in [0, 0.05) is 21.3 Å². The van der Waals surface area contributed by atoms with E-state index >= 15 is 0 Å². The summed E-state index contributed by atoms with van der Waals surface area (Å²) in [5.41, 5.74) is 3.60. The molecule has 0 aromatic heterocycles. The van der Waals surface area contributed by atoms with Crippen molar-refractivity contribution in [3.8, 4) is 11.8 Å². The number of carbonyl (C=O) groups is 1. The molecule has 33 heavy (non-hydrogen) atoms. The molecule has 3 aromatic carbocycles. The maximum atomic E-state index is 12.6. The molecule has 0 unspecified atom stereocenters. The molecule has 1 amide bonds. The lowest BCUT2D eigenvalue weighted by molar-refractivity contribution is -0.112. The van der Waals surface area contributed by atoms with Crippen LogP contribution in [0.2, 0.25) is 20.1 Å². The van der Waals surface area contributed by atoms with Gasteiger partial charge < -0.3 is 10.1 Å². The summed E-state index contributed by atoms with van der Waals surface area (Å²) in [5, 5.41) is 13.9. The van der Waals surface area contributed by atoms with Crippen LogP contribution in [0.1, 0.15) is 22.3 Å². The number of carbonyl (C=O) groups excluding carboxylic acids is 1. The van der Waals surface area contributed by atoms with Crippen LogP contribution < -0.4 is 10.1 Å². The molecule has 0 saturated heterocycles. The van der Waals surface area contributed by atoms with Crippen molar-refractivity contribution in [3.05, 3.63) is 96.4 Å². The van der Waals surface area contributed by atoms with Gasteiger partial charge in [-0.05, 0) is 79.1 Å². The molecule has 3 aromatic rings. The standard InChI is InChI=1S/C25H18Cl4N2O2/c1-14-7-16(8-15(2)24(14)33-13-17-3-4-19(26)10-22(17)28)9-18(12-30)25(32)31-20-5-6-21(27)23(29)11-20/h3-11H,13H2,1-2H3,(H,31,32)/b18-9+. The van der Waals surface area contributed by atoms with Gasteiger partial charge >= 0.3 is 0 Å². The summed E-state index contributed by atoms with van der Waals surface area (Å²) in [7, 11) is 0. The Morgan fingerprint density at radius 1 is 0.970 bits per heavy atom. The van der Waals surface area contributed by atoms with Crippen LogP contribution >= 0.6 is 46.4 Å². The maximum Gasteiger partial charge on any atom is 0.266 e. The first-order valence-electron chi connectivity index (χ1n) is 9.74. The Balaban J connectivity index is 1.78.